The highest BCUT2D eigenvalue weighted by molar-refractivity contribution is 7.99. The molecule has 2 atom stereocenters. The average molecular weight is 215 g/mol. The summed E-state index contributed by atoms with van der Waals surface area (Å²) in [6.07, 6.45) is 4.25. The minimum atomic E-state index is 0.814. The Labute approximate surface area is 93.4 Å². The van der Waals surface area contributed by atoms with Gasteiger partial charge in [-0.05, 0) is 30.4 Å². The smallest absolute Gasteiger partial charge is 0.00930 e. The standard InChI is InChI=1S/C12H25NS/c1-10(2)9-14-8-7-13-12-6-4-5-11(12)3/h10-13H,4-9H2,1-3H3. The van der Waals surface area contributed by atoms with Crippen LogP contribution < -0.4 is 5.32 Å². The maximum absolute atomic E-state index is 3.68. The van der Waals surface area contributed by atoms with Gasteiger partial charge >= 0.3 is 0 Å². The van der Waals surface area contributed by atoms with E-state index in [1.165, 1.54) is 37.3 Å². The van der Waals surface area contributed by atoms with E-state index >= 15 is 0 Å². The number of thioether (sulfide) groups is 1. The van der Waals surface area contributed by atoms with Crippen molar-refractivity contribution in [1.82, 2.24) is 5.32 Å². The second kappa shape index (κ2) is 6.73. The van der Waals surface area contributed by atoms with Crippen molar-refractivity contribution in [3.8, 4) is 0 Å². The second-order valence-electron chi connectivity index (χ2n) is 4.94. The summed E-state index contributed by atoms with van der Waals surface area (Å²) in [5, 5.41) is 3.68. The molecule has 0 aliphatic heterocycles. The molecule has 84 valence electrons. The molecule has 0 bridgehead atoms. The van der Waals surface area contributed by atoms with E-state index in [1.807, 2.05) is 0 Å². The summed E-state index contributed by atoms with van der Waals surface area (Å²) in [7, 11) is 0. The molecule has 0 radical (unpaired) electrons. The molecule has 1 aliphatic carbocycles. The van der Waals surface area contributed by atoms with Crippen molar-refractivity contribution < 1.29 is 0 Å². The molecule has 0 amide bonds. The molecule has 2 heteroatoms. The highest BCUT2D eigenvalue weighted by Crippen LogP contribution is 2.24. The van der Waals surface area contributed by atoms with Crippen molar-refractivity contribution in [3.05, 3.63) is 0 Å². The lowest BCUT2D eigenvalue weighted by molar-refractivity contribution is 0.438. The lowest BCUT2D eigenvalue weighted by Gasteiger charge is -2.17. The zero-order chi connectivity index (χ0) is 10.4. The van der Waals surface area contributed by atoms with Crippen LogP contribution in [0.15, 0.2) is 0 Å². The fourth-order valence-corrected chi connectivity index (χ4v) is 2.98. The monoisotopic (exact) mass is 215 g/mol. The topological polar surface area (TPSA) is 12.0 Å². The van der Waals surface area contributed by atoms with Gasteiger partial charge in [-0.25, -0.2) is 0 Å². The first-order valence-electron chi connectivity index (χ1n) is 6.01. The minimum absolute atomic E-state index is 0.814. The second-order valence-corrected chi connectivity index (χ2v) is 6.09. The highest BCUT2D eigenvalue weighted by Gasteiger charge is 2.21. The molecule has 1 rings (SSSR count). The van der Waals surface area contributed by atoms with Crippen molar-refractivity contribution in [2.24, 2.45) is 11.8 Å². The number of hydrogen-bond acceptors (Lipinski definition) is 2. The average Bonchev–Trinajstić information content (AvgIpc) is 2.51. The quantitative estimate of drug-likeness (QED) is 0.683. The Bertz CT molecular complexity index is 147. The SMILES string of the molecule is CC(C)CSCCNC1CCCC1C. The van der Waals surface area contributed by atoms with Crippen molar-refractivity contribution >= 4 is 11.8 Å². The van der Waals surface area contributed by atoms with Gasteiger partial charge in [0.05, 0.1) is 0 Å². The van der Waals surface area contributed by atoms with Gasteiger partial charge in [0, 0.05) is 18.3 Å². The van der Waals surface area contributed by atoms with Crippen LogP contribution in [-0.2, 0) is 0 Å². The normalized spacial score (nSPS) is 27.4. The van der Waals surface area contributed by atoms with E-state index in [0.29, 0.717) is 0 Å². The molecule has 1 N–H and O–H groups in total. The van der Waals surface area contributed by atoms with Crippen LogP contribution in [0.2, 0.25) is 0 Å². The first kappa shape index (κ1) is 12.4. The van der Waals surface area contributed by atoms with Crippen LogP contribution in [0.1, 0.15) is 40.0 Å². The molecule has 0 aromatic rings. The lowest BCUT2D eigenvalue weighted by Crippen LogP contribution is -2.32. The Balaban J connectivity index is 1.93. The third kappa shape index (κ3) is 4.70. The van der Waals surface area contributed by atoms with E-state index < -0.39 is 0 Å². The van der Waals surface area contributed by atoms with Gasteiger partial charge < -0.3 is 5.32 Å². The van der Waals surface area contributed by atoms with Gasteiger partial charge in [0.1, 0.15) is 0 Å². The fourth-order valence-electron chi connectivity index (χ4n) is 2.08. The highest BCUT2D eigenvalue weighted by atomic mass is 32.2. The molecule has 0 aromatic carbocycles. The maximum Gasteiger partial charge on any atom is 0.00930 e. The van der Waals surface area contributed by atoms with Crippen LogP contribution >= 0.6 is 11.8 Å². The number of nitrogens with one attached hydrogen (secondary N) is 1. The van der Waals surface area contributed by atoms with Crippen molar-refractivity contribution in [1.29, 1.82) is 0 Å². The molecule has 1 nitrogen and oxygen atoms in total. The van der Waals surface area contributed by atoms with Crippen LogP contribution in [0.3, 0.4) is 0 Å². The summed E-state index contributed by atoms with van der Waals surface area (Å²) in [5.74, 6) is 4.33. The van der Waals surface area contributed by atoms with Crippen LogP contribution in [0.4, 0.5) is 0 Å². The zero-order valence-corrected chi connectivity index (χ0v) is 10.7. The molecular weight excluding hydrogens is 190 g/mol. The van der Waals surface area contributed by atoms with E-state index in [4.69, 9.17) is 0 Å². The van der Waals surface area contributed by atoms with Gasteiger partial charge in [0.15, 0.2) is 0 Å². The molecule has 0 aromatic heterocycles. The first-order valence-corrected chi connectivity index (χ1v) is 7.16. The summed E-state index contributed by atoms with van der Waals surface area (Å²) >= 11 is 2.08. The summed E-state index contributed by atoms with van der Waals surface area (Å²) in [6.45, 7) is 8.16. The Morgan fingerprint density at radius 3 is 2.71 bits per heavy atom. The summed E-state index contributed by atoms with van der Waals surface area (Å²) in [5.41, 5.74) is 0. The van der Waals surface area contributed by atoms with E-state index in [2.05, 4.69) is 37.8 Å². The Morgan fingerprint density at radius 1 is 1.36 bits per heavy atom. The van der Waals surface area contributed by atoms with E-state index in [1.54, 1.807) is 0 Å². The van der Waals surface area contributed by atoms with Gasteiger partial charge in [-0.1, -0.05) is 27.2 Å². The number of rotatable bonds is 6. The summed E-state index contributed by atoms with van der Waals surface area (Å²) in [4.78, 5) is 0. The molecule has 0 saturated heterocycles. The van der Waals surface area contributed by atoms with Gasteiger partial charge in [0.25, 0.3) is 0 Å². The molecular formula is C12H25NS. The Kier molecular flexibility index (Phi) is 5.95. The van der Waals surface area contributed by atoms with Crippen LogP contribution in [0.25, 0.3) is 0 Å². The maximum atomic E-state index is 3.68. The first-order chi connectivity index (χ1) is 6.70. The molecule has 2 unspecified atom stereocenters. The van der Waals surface area contributed by atoms with E-state index in [0.717, 1.165) is 17.9 Å². The fraction of sp³-hybridized carbons (Fsp3) is 1.00. The van der Waals surface area contributed by atoms with Gasteiger partial charge in [-0.2, -0.15) is 11.8 Å². The molecule has 1 fully saturated rings. The van der Waals surface area contributed by atoms with Gasteiger partial charge in [-0.3, -0.25) is 0 Å². The Morgan fingerprint density at radius 2 is 2.14 bits per heavy atom. The largest absolute Gasteiger partial charge is 0.313 e. The van der Waals surface area contributed by atoms with Crippen LogP contribution in [0.5, 0.6) is 0 Å². The van der Waals surface area contributed by atoms with E-state index in [-0.39, 0.29) is 0 Å². The van der Waals surface area contributed by atoms with Gasteiger partial charge in [0.2, 0.25) is 0 Å². The van der Waals surface area contributed by atoms with Crippen molar-refractivity contribution in [2.45, 2.75) is 46.1 Å². The van der Waals surface area contributed by atoms with E-state index in [9.17, 15) is 0 Å². The van der Waals surface area contributed by atoms with Crippen molar-refractivity contribution in [2.75, 3.05) is 18.1 Å². The van der Waals surface area contributed by atoms with Gasteiger partial charge in [-0.15, -0.1) is 0 Å². The predicted molar refractivity (Wildman–Crippen MR) is 67.0 cm³/mol. The van der Waals surface area contributed by atoms with Crippen LogP contribution in [0, 0.1) is 11.8 Å². The zero-order valence-electron chi connectivity index (χ0n) is 9.88. The predicted octanol–water partition coefficient (Wildman–Crippen LogP) is 3.15. The third-order valence-electron chi connectivity index (χ3n) is 2.97. The molecule has 1 aliphatic rings. The summed E-state index contributed by atoms with van der Waals surface area (Å²) < 4.78 is 0. The Hall–Kier alpha value is 0.310. The lowest BCUT2D eigenvalue weighted by atomic mass is 10.1. The van der Waals surface area contributed by atoms with Crippen LogP contribution in [-0.4, -0.2) is 24.1 Å². The minimum Gasteiger partial charge on any atom is -0.313 e. The third-order valence-corrected chi connectivity index (χ3v) is 4.36. The molecule has 14 heavy (non-hydrogen) atoms. The van der Waals surface area contributed by atoms with Crippen molar-refractivity contribution in [3.63, 3.8) is 0 Å². The molecule has 0 heterocycles. The molecule has 0 spiro atoms. The summed E-state index contributed by atoms with van der Waals surface area (Å²) in [6, 6.07) is 0.814. The molecule has 1 saturated carbocycles. The number of hydrogen-bond donors (Lipinski definition) is 1.